The van der Waals surface area contributed by atoms with E-state index in [9.17, 15) is 4.79 Å². The topological polar surface area (TPSA) is 41.1 Å². The summed E-state index contributed by atoms with van der Waals surface area (Å²) in [6.45, 7) is 8.24. The van der Waals surface area contributed by atoms with Gasteiger partial charge in [0.2, 0.25) is 0 Å². The molecule has 0 aliphatic rings. The van der Waals surface area contributed by atoms with Crippen molar-refractivity contribution in [1.82, 2.24) is 10.9 Å². The van der Waals surface area contributed by atoms with E-state index in [1.54, 1.807) is 12.1 Å². The third kappa shape index (κ3) is 3.92. The highest BCUT2D eigenvalue weighted by atomic mass is 16.2. The van der Waals surface area contributed by atoms with Crippen LogP contribution in [0.15, 0.2) is 73.3 Å². The zero-order valence-corrected chi connectivity index (χ0v) is 14.5. The third-order valence-electron chi connectivity index (χ3n) is 4.50. The summed E-state index contributed by atoms with van der Waals surface area (Å²) < 4.78 is 0. The summed E-state index contributed by atoms with van der Waals surface area (Å²) in [6, 6.07) is 19.5. The van der Waals surface area contributed by atoms with Crippen LogP contribution in [-0.2, 0) is 5.54 Å². The number of amides is 1. The standard InChI is InChI=1S/C21H26N2O/c1-4-16-21(17(3)5-2,19-14-10-7-11-15-19)23-22-20(24)18-12-8-6-9-13-18/h5-15,17,23H,2,4,16H2,1,3H3,(H,22,24)/t17-,21?/m1/s1. The van der Waals surface area contributed by atoms with Crippen LogP contribution in [0, 0.1) is 5.92 Å². The lowest BCUT2D eigenvalue weighted by Crippen LogP contribution is -2.55. The van der Waals surface area contributed by atoms with E-state index in [0.717, 1.165) is 18.4 Å². The smallest absolute Gasteiger partial charge is 0.265 e. The second-order valence-electron chi connectivity index (χ2n) is 6.06. The van der Waals surface area contributed by atoms with Crippen LogP contribution in [0.4, 0.5) is 0 Å². The van der Waals surface area contributed by atoms with E-state index in [1.165, 1.54) is 0 Å². The third-order valence-corrected chi connectivity index (χ3v) is 4.50. The first-order chi connectivity index (χ1) is 11.6. The molecule has 0 bridgehead atoms. The zero-order valence-electron chi connectivity index (χ0n) is 14.5. The van der Waals surface area contributed by atoms with Crippen LogP contribution >= 0.6 is 0 Å². The summed E-state index contributed by atoms with van der Waals surface area (Å²) in [7, 11) is 0. The average molecular weight is 322 g/mol. The number of carbonyl (C=O) groups excluding carboxylic acids is 1. The zero-order chi connectivity index (χ0) is 17.4. The highest BCUT2D eigenvalue weighted by Crippen LogP contribution is 2.34. The molecule has 0 radical (unpaired) electrons. The predicted molar refractivity (Wildman–Crippen MR) is 99.4 cm³/mol. The molecule has 0 saturated heterocycles. The van der Waals surface area contributed by atoms with Crippen molar-refractivity contribution in [3.8, 4) is 0 Å². The molecule has 3 heteroatoms. The van der Waals surface area contributed by atoms with Gasteiger partial charge in [-0.1, -0.05) is 74.9 Å². The normalized spacial score (nSPS) is 14.4. The molecule has 0 heterocycles. The Labute approximate surface area is 144 Å². The molecule has 1 unspecified atom stereocenters. The summed E-state index contributed by atoms with van der Waals surface area (Å²) in [5.41, 5.74) is 7.62. The van der Waals surface area contributed by atoms with Gasteiger partial charge in [0, 0.05) is 5.56 Å². The number of rotatable bonds is 8. The molecule has 0 aliphatic carbocycles. The molecular weight excluding hydrogens is 296 g/mol. The monoisotopic (exact) mass is 322 g/mol. The van der Waals surface area contributed by atoms with Gasteiger partial charge in [-0.15, -0.1) is 6.58 Å². The van der Waals surface area contributed by atoms with E-state index in [1.807, 2.05) is 42.5 Å². The molecule has 126 valence electrons. The Kier molecular flexibility index (Phi) is 6.33. The van der Waals surface area contributed by atoms with Crippen molar-refractivity contribution in [2.24, 2.45) is 5.92 Å². The number of nitrogens with one attached hydrogen (secondary N) is 2. The van der Waals surface area contributed by atoms with Gasteiger partial charge in [-0.2, -0.15) is 0 Å². The molecule has 24 heavy (non-hydrogen) atoms. The van der Waals surface area contributed by atoms with Crippen LogP contribution < -0.4 is 10.9 Å². The predicted octanol–water partition coefficient (Wildman–Crippen LogP) is 4.44. The lowest BCUT2D eigenvalue weighted by Gasteiger charge is -2.39. The molecular formula is C21H26N2O. The van der Waals surface area contributed by atoms with Gasteiger partial charge in [0.05, 0.1) is 5.54 Å². The minimum atomic E-state index is -0.387. The highest BCUT2D eigenvalue weighted by Gasteiger charge is 2.36. The second kappa shape index (κ2) is 8.46. The summed E-state index contributed by atoms with van der Waals surface area (Å²) in [4.78, 5) is 12.4. The van der Waals surface area contributed by atoms with Crippen molar-refractivity contribution in [3.05, 3.63) is 84.4 Å². The fourth-order valence-corrected chi connectivity index (χ4v) is 3.04. The molecule has 2 atom stereocenters. The summed E-state index contributed by atoms with van der Waals surface area (Å²) >= 11 is 0. The average Bonchev–Trinajstić information content (AvgIpc) is 2.65. The Bertz CT molecular complexity index is 654. The fraction of sp³-hybridized carbons (Fsp3) is 0.286. The van der Waals surface area contributed by atoms with E-state index in [2.05, 4.69) is 43.4 Å². The quantitative estimate of drug-likeness (QED) is 0.557. The Morgan fingerprint density at radius 3 is 2.25 bits per heavy atom. The summed E-state index contributed by atoms with van der Waals surface area (Å²) in [5, 5.41) is 0. The van der Waals surface area contributed by atoms with Crippen molar-refractivity contribution in [1.29, 1.82) is 0 Å². The first kappa shape index (κ1) is 18.0. The fourth-order valence-electron chi connectivity index (χ4n) is 3.04. The van der Waals surface area contributed by atoms with Gasteiger partial charge >= 0.3 is 0 Å². The first-order valence-electron chi connectivity index (χ1n) is 8.44. The lowest BCUT2D eigenvalue weighted by molar-refractivity contribution is 0.0879. The Hall–Kier alpha value is -2.39. The Morgan fingerprint density at radius 2 is 1.71 bits per heavy atom. The van der Waals surface area contributed by atoms with Gasteiger partial charge in [0.25, 0.3) is 5.91 Å². The number of hydrogen-bond acceptors (Lipinski definition) is 2. The lowest BCUT2D eigenvalue weighted by atomic mass is 9.76. The molecule has 3 nitrogen and oxygen atoms in total. The maximum Gasteiger partial charge on any atom is 0.265 e. The van der Waals surface area contributed by atoms with Gasteiger partial charge < -0.3 is 0 Å². The molecule has 1 amide bonds. The SMILES string of the molecule is C=C[C@@H](C)C(CCC)(NNC(=O)c1ccccc1)c1ccccc1. The molecule has 2 N–H and O–H groups in total. The number of carbonyl (C=O) groups is 1. The van der Waals surface area contributed by atoms with Crippen molar-refractivity contribution in [2.75, 3.05) is 0 Å². The van der Waals surface area contributed by atoms with Crippen LogP contribution in [0.5, 0.6) is 0 Å². The number of benzene rings is 2. The molecule has 0 aromatic heterocycles. The number of hydrogen-bond donors (Lipinski definition) is 2. The largest absolute Gasteiger partial charge is 0.287 e. The van der Waals surface area contributed by atoms with E-state index in [-0.39, 0.29) is 17.4 Å². The molecule has 2 aromatic carbocycles. The van der Waals surface area contributed by atoms with Crippen LogP contribution in [0.1, 0.15) is 42.6 Å². The van der Waals surface area contributed by atoms with Gasteiger partial charge in [-0.25, -0.2) is 5.43 Å². The van der Waals surface area contributed by atoms with Gasteiger partial charge in [0.1, 0.15) is 0 Å². The number of hydrazine groups is 1. The molecule has 0 spiro atoms. The maximum absolute atomic E-state index is 12.4. The van der Waals surface area contributed by atoms with Crippen molar-refractivity contribution >= 4 is 5.91 Å². The molecule has 2 aromatic rings. The van der Waals surface area contributed by atoms with Crippen LogP contribution in [-0.4, -0.2) is 5.91 Å². The van der Waals surface area contributed by atoms with Crippen molar-refractivity contribution in [3.63, 3.8) is 0 Å². The van der Waals surface area contributed by atoms with Crippen molar-refractivity contribution < 1.29 is 4.79 Å². The van der Waals surface area contributed by atoms with Crippen LogP contribution in [0.3, 0.4) is 0 Å². The van der Waals surface area contributed by atoms with Gasteiger partial charge in [-0.3, -0.25) is 10.2 Å². The van der Waals surface area contributed by atoms with E-state index in [4.69, 9.17) is 0 Å². The van der Waals surface area contributed by atoms with E-state index >= 15 is 0 Å². The van der Waals surface area contributed by atoms with Crippen LogP contribution in [0.2, 0.25) is 0 Å². The Balaban J connectivity index is 2.29. The summed E-state index contributed by atoms with van der Waals surface area (Å²) in [6.07, 6.45) is 3.81. The molecule has 0 saturated carbocycles. The summed E-state index contributed by atoms with van der Waals surface area (Å²) in [5.74, 6) is 0.0131. The molecule has 0 fully saturated rings. The first-order valence-corrected chi connectivity index (χ1v) is 8.44. The van der Waals surface area contributed by atoms with Crippen molar-refractivity contribution in [2.45, 2.75) is 32.2 Å². The minimum absolute atomic E-state index is 0.136. The van der Waals surface area contributed by atoms with E-state index in [0.29, 0.717) is 5.56 Å². The Morgan fingerprint density at radius 1 is 1.12 bits per heavy atom. The van der Waals surface area contributed by atoms with Gasteiger partial charge in [-0.05, 0) is 30.0 Å². The van der Waals surface area contributed by atoms with Gasteiger partial charge in [0.15, 0.2) is 0 Å². The highest BCUT2D eigenvalue weighted by molar-refractivity contribution is 5.93. The molecule has 2 rings (SSSR count). The second-order valence-corrected chi connectivity index (χ2v) is 6.06. The molecule has 0 aliphatic heterocycles. The minimum Gasteiger partial charge on any atom is -0.287 e. The van der Waals surface area contributed by atoms with E-state index < -0.39 is 0 Å². The van der Waals surface area contributed by atoms with Crippen LogP contribution in [0.25, 0.3) is 0 Å². The maximum atomic E-state index is 12.4.